The van der Waals surface area contributed by atoms with Gasteiger partial charge in [0.15, 0.2) is 0 Å². The van der Waals surface area contributed by atoms with E-state index in [4.69, 9.17) is 4.42 Å². The van der Waals surface area contributed by atoms with E-state index >= 15 is 0 Å². The van der Waals surface area contributed by atoms with Crippen molar-refractivity contribution in [3.63, 3.8) is 0 Å². The van der Waals surface area contributed by atoms with Gasteiger partial charge in [-0.2, -0.15) is 5.26 Å². The third kappa shape index (κ3) is 3.74. The fourth-order valence-electron chi connectivity index (χ4n) is 3.75. The molecule has 3 atom stereocenters. The summed E-state index contributed by atoms with van der Waals surface area (Å²) >= 11 is 0. The summed E-state index contributed by atoms with van der Waals surface area (Å²) in [5.74, 6) is 3.61. The van der Waals surface area contributed by atoms with Gasteiger partial charge in [-0.25, -0.2) is 0 Å². The fourth-order valence-corrected chi connectivity index (χ4v) is 3.75. The van der Waals surface area contributed by atoms with Crippen molar-refractivity contribution in [1.29, 1.82) is 5.26 Å². The molecule has 1 aromatic rings. The summed E-state index contributed by atoms with van der Waals surface area (Å²) in [7, 11) is 0. The molecule has 3 saturated carbocycles. The molecular formula is C20H27N3O2. The van der Waals surface area contributed by atoms with E-state index in [9.17, 15) is 10.1 Å². The maximum atomic E-state index is 12.5. The average Bonchev–Trinajstić information content (AvgIpc) is 3.43. The van der Waals surface area contributed by atoms with Crippen molar-refractivity contribution in [2.75, 3.05) is 6.54 Å². The summed E-state index contributed by atoms with van der Waals surface area (Å²) in [4.78, 5) is 14.7. The SMILES string of the molecule is C[C@@H]1C[C@H]1c1ccc(CN(CC(=O)N[C@@](C)(C#N)C2CC2)C2CC2)o1. The van der Waals surface area contributed by atoms with Crippen molar-refractivity contribution in [3.8, 4) is 6.07 Å². The fraction of sp³-hybridized carbons (Fsp3) is 0.700. The van der Waals surface area contributed by atoms with Gasteiger partial charge in [-0.05, 0) is 63.0 Å². The van der Waals surface area contributed by atoms with E-state index in [1.54, 1.807) is 0 Å². The molecule has 5 heteroatoms. The predicted octanol–water partition coefficient (Wildman–Crippen LogP) is 3.18. The van der Waals surface area contributed by atoms with Crippen LogP contribution in [0.2, 0.25) is 0 Å². The molecule has 134 valence electrons. The molecular weight excluding hydrogens is 314 g/mol. The van der Waals surface area contributed by atoms with Crippen molar-refractivity contribution in [2.24, 2.45) is 11.8 Å². The van der Waals surface area contributed by atoms with Crippen LogP contribution in [0.1, 0.15) is 63.4 Å². The van der Waals surface area contributed by atoms with Gasteiger partial charge >= 0.3 is 0 Å². The molecule has 1 amide bonds. The molecule has 0 aliphatic heterocycles. The van der Waals surface area contributed by atoms with Crippen molar-refractivity contribution in [3.05, 3.63) is 23.7 Å². The molecule has 0 aromatic carbocycles. The third-order valence-electron chi connectivity index (χ3n) is 5.95. The number of hydrogen-bond acceptors (Lipinski definition) is 4. The van der Waals surface area contributed by atoms with Crippen LogP contribution in [0.15, 0.2) is 16.5 Å². The van der Waals surface area contributed by atoms with Crippen molar-refractivity contribution >= 4 is 5.91 Å². The first-order valence-electron chi connectivity index (χ1n) is 9.53. The largest absolute Gasteiger partial charge is 0.464 e. The highest BCUT2D eigenvalue weighted by molar-refractivity contribution is 5.79. The number of carbonyl (C=O) groups excluding carboxylic acids is 1. The zero-order valence-corrected chi connectivity index (χ0v) is 15.1. The Morgan fingerprint density at radius 3 is 2.68 bits per heavy atom. The second-order valence-corrected chi connectivity index (χ2v) is 8.40. The van der Waals surface area contributed by atoms with E-state index in [0.29, 0.717) is 31.0 Å². The minimum Gasteiger partial charge on any atom is -0.464 e. The topological polar surface area (TPSA) is 69.3 Å². The van der Waals surface area contributed by atoms with Crippen LogP contribution >= 0.6 is 0 Å². The highest BCUT2D eigenvalue weighted by Gasteiger charge is 2.43. The van der Waals surface area contributed by atoms with Gasteiger partial charge in [0.2, 0.25) is 5.91 Å². The maximum Gasteiger partial charge on any atom is 0.235 e. The van der Waals surface area contributed by atoms with Crippen LogP contribution in [0.5, 0.6) is 0 Å². The minimum atomic E-state index is -0.716. The Hall–Kier alpha value is -1.80. The van der Waals surface area contributed by atoms with Crippen molar-refractivity contribution in [1.82, 2.24) is 10.2 Å². The van der Waals surface area contributed by atoms with Gasteiger partial charge in [-0.3, -0.25) is 9.69 Å². The van der Waals surface area contributed by atoms with Crippen LogP contribution in [-0.4, -0.2) is 28.9 Å². The second kappa shape index (κ2) is 6.17. The number of nitrogens with one attached hydrogen (secondary N) is 1. The normalized spacial score (nSPS) is 27.6. The predicted molar refractivity (Wildman–Crippen MR) is 93.5 cm³/mol. The Labute approximate surface area is 149 Å². The van der Waals surface area contributed by atoms with E-state index in [2.05, 4.69) is 35.3 Å². The Balaban J connectivity index is 1.36. The van der Waals surface area contributed by atoms with Crippen LogP contribution in [0.25, 0.3) is 0 Å². The van der Waals surface area contributed by atoms with Crippen LogP contribution in [0.3, 0.4) is 0 Å². The lowest BCUT2D eigenvalue weighted by Crippen LogP contribution is -2.50. The summed E-state index contributed by atoms with van der Waals surface area (Å²) in [6.45, 7) is 5.11. The second-order valence-electron chi connectivity index (χ2n) is 8.40. The number of nitriles is 1. The van der Waals surface area contributed by atoms with Gasteiger partial charge in [0.1, 0.15) is 17.1 Å². The molecule has 3 fully saturated rings. The summed E-state index contributed by atoms with van der Waals surface area (Å²) in [6, 6.07) is 6.91. The van der Waals surface area contributed by atoms with Crippen molar-refractivity contribution in [2.45, 2.75) is 70.0 Å². The first-order chi connectivity index (χ1) is 12.0. The number of nitrogens with zero attached hydrogens (tertiary/aromatic N) is 2. The first kappa shape index (κ1) is 16.7. The molecule has 3 aliphatic rings. The summed E-state index contributed by atoms with van der Waals surface area (Å²) in [5, 5.41) is 12.4. The van der Waals surface area contributed by atoms with Gasteiger partial charge in [0.25, 0.3) is 0 Å². The summed E-state index contributed by atoms with van der Waals surface area (Å²) < 4.78 is 6.01. The monoisotopic (exact) mass is 341 g/mol. The van der Waals surface area contributed by atoms with E-state index in [1.165, 1.54) is 6.42 Å². The van der Waals surface area contributed by atoms with Crippen LogP contribution in [0, 0.1) is 23.2 Å². The van der Waals surface area contributed by atoms with Crippen LogP contribution in [-0.2, 0) is 11.3 Å². The Morgan fingerprint density at radius 1 is 1.40 bits per heavy atom. The Bertz CT molecular complexity index is 698. The number of rotatable bonds is 8. The molecule has 4 rings (SSSR count). The molecule has 1 N–H and O–H groups in total. The zero-order valence-electron chi connectivity index (χ0n) is 15.1. The molecule has 1 heterocycles. The van der Waals surface area contributed by atoms with E-state index in [0.717, 1.165) is 43.1 Å². The molecule has 0 spiro atoms. The number of hydrogen-bond donors (Lipinski definition) is 1. The lowest BCUT2D eigenvalue weighted by atomic mass is 9.98. The van der Waals surface area contributed by atoms with Gasteiger partial charge in [0, 0.05) is 12.0 Å². The molecule has 0 saturated heterocycles. The van der Waals surface area contributed by atoms with Gasteiger partial charge < -0.3 is 9.73 Å². The molecule has 0 radical (unpaired) electrons. The summed E-state index contributed by atoms with van der Waals surface area (Å²) in [6.07, 6.45) is 5.56. The third-order valence-corrected chi connectivity index (χ3v) is 5.95. The Kier molecular flexibility index (Phi) is 4.11. The quantitative estimate of drug-likeness (QED) is 0.788. The maximum absolute atomic E-state index is 12.5. The van der Waals surface area contributed by atoms with E-state index < -0.39 is 5.54 Å². The average molecular weight is 341 g/mol. The zero-order chi connectivity index (χ0) is 17.6. The van der Waals surface area contributed by atoms with Gasteiger partial charge in [-0.1, -0.05) is 6.92 Å². The number of furan rings is 1. The minimum absolute atomic E-state index is 0.0505. The summed E-state index contributed by atoms with van der Waals surface area (Å²) in [5.41, 5.74) is -0.716. The van der Waals surface area contributed by atoms with Crippen LogP contribution < -0.4 is 5.32 Å². The standard InChI is InChI=1S/C20H27N3O2/c1-13-9-17(13)18-8-7-16(25-18)10-23(15-5-6-15)11-19(24)22-20(2,12-21)14-3-4-14/h7-8,13-15,17H,3-6,9-11H2,1-2H3,(H,22,24)/t13-,17-,20+/m1/s1. The highest BCUT2D eigenvalue weighted by Crippen LogP contribution is 2.47. The lowest BCUT2D eigenvalue weighted by molar-refractivity contribution is -0.124. The van der Waals surface area contributed by atoms with E-state index in [1.807, 2.05) is 6.92 Å². The number of carbonyl (C=O) groups is 1. The molecule has 0 unspecified atom stereocenters. The first-order valence-corrected chi connectivity index (χ1v) is 9.53. The van der Waals surface area contributed by atoms with E-state index in [-0.39, 0.29) is 5.91 Å². The number of amides is 1. The molecule has 3 aliphatic carbocycles. The smallest absolute Gasteiger partial charge is 0.235 e. The van der Waals surface area contributed by atoms with Crippen molar-refractivity contribution < 1.29 is 9.21 Å². The molecule has 0 bridgehead atoms. The lowest BCUT2D eigenvalue weighted by Gasteiger charge is -2.26. The van der Waals surface area contributed by atoms with Gasteiger partial charge in [0.05, 0.1) is 19.2 Å². The molecule has 5 nitrogen and oxygen atoms in total. The molecule has 1 aromatic heterocycles. The highest BCUT2D eigenvalue weighted by atomic mass is 16.3. The van der Waals surface area contributed by atoms with Crippen LogP contribution in [0.4, 0.5) is 0 Å². The molecule has 25 heavy (non-hydrogen) atoms. The van der Waals surface area contributed by atoms with Gasteiger partial charge in [-0.15, -0.1) is 0 Å². The Morgan fingerprint density at radius 2 is 2.12 bits per heavy atom.